The molecule has 2 rings (SSSR count). The summed E-state index contributed by atoms with van der Waals surface area (Å²) in [5, 5.41) is 7.95. The number of ether oxygens (including phenoxy) is 1. The lowest BCUT2D eigenvalue weighted by atomic mass is 10.0. The fourth-order valence-electron chi connectivity index (χ4n) is 3.78. The van der Waals surface area contributed by atoms with Crippen LogP contribution in [0.25, 0.3) is 0 Å². The number of hydrogen-bond donors (Lipinski definition) is 1. The van der Waals surface area contributed by atoms with E-state index in [1.165, 1.54) is 0 Å². The molecule has 0 aromatic carbocycles. The van der Waals surface area contributed by atoms with Crippen molar-refractivity contribution in [3.05, 3.63) is 29.6 Å². The summed E-state index contributed by atoms with van der Waals surface area (Å²) in [6.07, 6.45) is 2.76. The van der Waals surface area contributed by atoms with Gasteiger partial charge in [-0.05, 0) is 56.0 Å². The van der Waals surface area contributed by atoms with Crippen LogP contribution in [0, 0.1) is 6.92 Å². The molecule has 1 N–H and O–H groups in total. The molecule has 0 aliphatic carbocycles. The Hall–Kier alpha value is -1.43. The van der Waals surface area contributed by atoms with E-state index in [1.807, 2.05) is 11.8 Å². The SMILES string of the molecule is C=CCOC(=O)N1C[C@H](O[Si](C)(C)C(C)(C)C)C[C@H]1Cc1c(CO[Si](C)(C)C(C)(C)C)n[nH]c1C. The zero-order valence-electron chi connectivity index (χ0n) is 24.0. The Balaban J connectivity index is 2.24. The summed E-state index contributed by atoms with van der Waals surface area (Å²) in [6, 6.07) is -0.0231. The number of carbonyl (C=O) groups excluding carboxylic acids is 1. The fraction of sp³-hybridized carbons (Fsp3) is 0.769. The van der Waals surface area contributed by atoms with Crippen molar-refractivity contribution < 1.29 is 18.4 Å². The Labute approximate surface area is 215 Å². The summed E-state index contributed by atoms with van der Waals surface area (Å²) in [4.78, 5) is 14.8. The van der Waals surface area contributed by atoms with E-state index < -0.39 is 16.6 Å². The van der Waals surface area contributed by atoms with Gasteiger partial charge in [-0.25, -0.2) is 4.79 Å². The van der Waals surface area contributed by atoms with E-state index in [9.17, 15) is 4.79 Å². The zero-order valence-corrected chi connectivity index (χ0v) is 26.0. The molecule has 35 heavy (non-hydrogen) atoms. The molecule has 1 aliphatic rings. The van der Waals surface area contributed by atoms with Crippen molar-refractivity contribution in [1.82, 2.24) is 15.1 Å². The number of amides is 1. The minimum atomic E-state index is -1.97. The van der Waals surface area contributed by atoms with E-state index in [1.54, 1.807) is 6.08 Å². The van der Waals surface area contributed by atoms with Crippen LogP contribution in [0.15, 0.2) is 12.7 Å². The highest BCUT2D eigenvalue weighted by Crippen LogP contribution is 2.40. The van der Waals surface area contributed by atoms with E-state index in [4.69, 9.17) is 13.6 Å². The van der Waals surface area contributed by atoms with Crippen LogP contribution in [0.1, 0.15) is 64.9 Å². The lowest BCUT2D eigenvalue weighted by molar-refractivity contribution is 0.103. The lowest BCUT2D eigenvalue weighted by Crippen LogP contribution is -2.44. The lowest BCUT2D eigenvalue weighted by Gasteiger charge is -2.38. The molecular weight excluding hydrogens is 474 g/mol. The van der Waals surface area contributed by atoms with Crippen molar-refractivity contribution in [3.8, 4) is 0 Å². The van der Waals surface area contributed by atoms with Crippen molar-refractivity contribution in [2.24, 2.45) is 0 Å². The van der Waals surface area contributed by atoms with Gasteiger partial charge in [0.1, 0.15) is 6.61 Å². The molecule has 1 fully saturated rings. The van der Waals surface area contributed by atoms with Gasteiger partial charge in [-0.1, -0.05) is 54.2 Å². The van der Waals surface area contributed by atoms with Crippen molar-refractivity contribution in [3.63, 3.8) is 0 Å². The van der Waals surface area contributed by atoms with Gasteiger partial charge in [0.15, 0.2) is 16.6 Å². The predicted octanol–water partition coefficient (Wildman–Crippen LogP) is 6.57. The number of carbonyl (C=O) groups is 1. The van der Waals surface area contributed by atoms with Crippen LogP contribution >= 0.6 is 0 Å². The van der Waals surface area contributed by atoms with Crippen LogP contribution < -0.4 is 0 Å². The minimum absolute atomic E-state index is 0.00342. The first-order valence-electron chi connectivity index (χ1n) is 12.8. The summed E-state index contributed by atoms with van der Waals surface area (Å²) in [5.41, 5.74) is 3.08. The van der Waals surface area contributed by atoms with Gasteiger partial charge in [0.2, 0.25) is 0 Å². The smallest absolute Gasteiger partial charge is 0.410 e. The molecule has 1 aliphatic heterocycles. The molecule has 2 atom stereocenters. The van der Waals surface area contributed by atoms with Gasteiger partial charge < -0.3 is 18.5 Å². The second-order valence-electron chi connectivity index (χ2n) is 12.9. The summed E-state index contributed by atoms with van der Waals surface area (Å²) in [6.45, 7) is 29.4. The molecule has 1 saturated heterocycles. The minimum Gasteiger partial charge on any atom is -0.445 e. The summed E-state index contributed by atoms with van der Waals surface area (Å²) >= 11 is 0. The summed E-state index contributed by atoms with van der Waals surface area (Å²) < 4.78 is 18.6. The van der Waals surface area contributed by atoms with E-state index in [-0.39, 0.29) is 34.9 Å². The van der Waals surface area contributed by atoms with Crippen molar-refractivity contribution in [2.75, 3.05) is 13.2 Å². The number of likely N-dealkylation sites (tertiary alicyclic amines) is 1. The van der Waals surface area contributed by atoms with Gasteiger partial charge >= 0.3 is 6.09 Å². The van der Waals surface area contributed by atoms with Crippen LogP contribution in [0.5, 0.6) is 0 Å². The van der Waals surface area contributed by atoms with Gasteiger partial charge in [0.05, 0.1) is 18.4 Å². The molecule has 2 heterocycles. The van der Waals surface area contributed by atoms with E-state index in [2.05, 4.69) is 84.5 Å². The monoisotopic (exact) mass is 523 g/mol. The number of nitrogens with one attached hydrogen (secondary N) is 1. The van der Waals surface area contributed by atoms with E-state index >= 15 is 0 Å². The molecule has 200 valence electrons. The third kappa shape index (κ3) is 7.30. The van der Waals surface area contributed by atoms with Gasteiger partial charge in [-0.3, -0.25) is 5.10 Å². The highest BCUT2D eigenvalue weighted by Gasteiger charge is 2.44. The molecule has 7 nitrogen and oxygen atoms in total. The number of nitrogens with zero attached hydrogens (tertiary/aromatic N) is 2. The molecule has 0 spiro atoms. The van der Waals surface area contributed by atoms with Crippen LogP contribution in [-0.2, 0) is 26.6 Å². The Morgan fingerprint density at radius 3 is 2.29 bits per heavy atom. The molecule has 1 aromatic rings. The number of hydrogen-bond acceptors (Lipinski definition) is 5. The van der Waals surface area contributed by atoms with Crippen molar-refractivity contribution in [1.29, 1.82) is 0 Å². The van der Waals surface area contributed by atoms with Gasteiger partial charge in [0.25, 0.3) is 0 Å². The highest BCUT2D eigenvalue weighted by atomic mass is 28.4. The second kappa shape index (κ2) is 10.9. The first kappa shape index (κ1) is 29.8. The molecule has 0 saturated carbocycles. The number of aryl methyl sites for hydroxylation is 1. The van der Waals surface area contributed by atoms with Crippen LogP contribution in [0.3, 0.4) is 0 Å². The van der Waals surface area contributed by atoms with Crippen molar-refractivity contribution >= 4 is 22.7 Å². The van der Waals surface area contributed by atoms with Gasteiger partial charge in [-0.15, -0.1) is 0 Å². The van der Waals surface area contributed by atoms with Gasteiger partial charge in [0, 0.05) is 23.8 Å². The van der Waals surface area contributed by atoms with Crippen LogP contribution in [-0.4, -0.2) is 63.1 Å². The number of aromatic nitrogens is 2. The Bertz CT molecular complexity index is 884. The third-order valence-electron chi connectivity index (χ3n) is 8.18. The zero-order chi connectivity index (χ0) is 26.8. The first-order chi connectivity index (χ1) is 15.9. The van der Waals surface area contributed by atoms with Gasteiger partial charge in [-0.2, -0.15) is 5.10 Å². The van der Waals surface area contributed by atoms with Crippen molar-refractivity contribution in [2.45, 2.75) is 116 Å². The molecule has 0 radical (unpaired) electrons. The van der Waals surface area contributed by atoms with E-state index in [0.29, 0.717) is 19.6 Å². The molecule has 0 unspecified atom stereocenters. The Morgan fingerprint density at radius 2 is 1.74 bits per heavy atom. The largest absolute Gasteiger partial charge is 0.445 e. The maximum atomic E-state index is 13.0. The molecular formula is C26H49N3O4Si2. The number of rotatable bonds is 9. The highest BCUT2D eigenvalue weighted by molar-refractivity contribution is 6.74. The first-order valence-corrected chi connectivity index (χ1v) is 18.6. The topological polar surface area (TPSA) is 76.7 Å². The number of H-pyrrole nitrogens is 1. The molecule has 0 bridgehead atoms. The normalized spacial score (nSPS) is 19.8. The number of aromatic amines is 1. The summed E-state index contributed by atoms with van der Waals surface area (Å²) in [5.74, 6) is 0. The Kier molecular flexibility index (Phi) is 9.28. The van der Waals surface area contributed by atoms with Crippen LogP contribution in [0.2, 0.25) is 36.3 Å². The third-order valence-corrected chi connectivity index (χ3v) is 17.2. The quantitative estimate of drug-likeness (QED) is 0.293. The fourth-order valence-corrected chi connectivity index (χ4v) is 6.06. The second-order valence-corrected chi connectivity index (χ2v) is 22.5. The molecule has 9 heteroatoms. The average Bonchev–Trinajstić information content (AvgIpc) is 3.26. The summed E-state index contributed by atoms with van der Waals surface area (Å²) in [7, 11) is -3.88. The average molecular weight is 524 g/mol. The maximum Gasteiger partial charge on any atom is 0.410 e. The van der Waals surface area contributed by atoms with E-state index in [0.717, 1.165) is 23.4 Å². The van der Waals surface area contributed by atoms with Crippen LogP contribution in [0.4, 0.5) is 4.79 Å². The standard InChI is InChI=1S/C26H49N3O4Si2/c1-13-14-31-24(30)29-17-21(33-35(11,12)26(6,7)8)15-20(29)16-22-19(2)27-28-23(22)18-32-34(9,10)25(3,4)5/h13,20-21H,1,14-18H2,2-12H3,(H,27,28)/t20-,21+/m0/s1. The Morgan fingerprint density at radius 1 is 1.14 bits per heavy atom. The predicted molar refractivity (Wildman–Crippen MR) is 148 cm³/mol. The molecule has 1 aromatic heterocycles. The maximum absolute atomic E-state index is 13.0. The molecule has 1 amide bonds.